The van der Waals surface area contributed by atoms with Crippen molar-refractivity contribution in [3.8, 4) is 17.2 Å². The van der Waals surface area contributed by atoms with Crippen molar-refractivity contribution in [3.63, 3.8) is 0 Å². The maximum Gasteiger partial charge on any atom is 0.410 e. The van der Waals surface area contributed by atoms with Crippen LogP contribution in [0.3, 0.4) is 0 Å². The molecule has 4 saturated heterocycles. The van der Waals surface area contributed by atoms with Gasteiger partial charge in [0.1, 0.15) is 47.6 Å². The third-order valence-corrected chi connectivity index (χ3v) is 18.3. The number of hydrogen-bond donors (Lipinski definition) is 7. The maximum atomic E-state index is 14.7. The van der Waals surface area contributed by atoms with Crippen molar-refractivity contribution in [1.82, 2.24) is 30.2 Å². The van der Waals surface area contributed by atoms with Gasteiger partial charge in [0.05, 0.1) is 54.9 Å². The van der Waals surface area contributed by atoms with E-state index in [0.29, 0.717) is 69.6 Å². The van der Waals surface area contributed by atoms with Crippen LogP contribution >= 0.6 is 0 Å². The minimum atomic E-state index is -2.19. The van der Waals surface area contributed by atoms with Crippen LogP contribution in [0, 0.1) is 11.3 Å². The van der Waals surface area contributed by atoms with Gasteiger partial charge in [-0.2, -0.15) is 0 Å². The van der Waals surface area contributed by atoms with E-state index in [4.69, 9.17) is 33.2 Å². The summed E-state index contributed by atoms with van der Waals surface area (Å²) in [6.45, 7) is 8.57. The monoisotopic (exact) mass is 1250 g/mol. The number of fused-ring (bicyclic) bond motifs is 6. The van der Waals surface area contributed by atoms with E-state index in [2.05, 4.69) is 20.9 Å². The lowest BCUT2D eigenvalue weighted by molar-refractivity contribution is -0.256. The number of unbranched alkanes of at least 4 members (excludes halogenated alkanes) is 2. The molecule has 0 spiro atoms. The predicted octanol–water partition coefficient (Wildman–Crippen LogP) is 3.71. The first-order valence-corrected chi connectivity index (χ1v) is 30.7. The number of aliphatic hydroxyl groups is 1. The number of amides is 6. The SMILES string of the molecule is COc1cccc2c1C(=N)c1c(O)c3c(c(O)c1C2=O)C[C@@](O)(C(=O)CN1CCC(N(C)C(=O)OCc2ccc(NC(=O)C(C)NC(=O)C(NC(=O)CCCCCN4C(=O)C=CC4=O)C(C)C)cc2)CC1)C[C@@H]3O[C@H]1C[C@H]2[C@H](O[C@@H]3[C@@H](OC)OCCN32)[C@H](C)O1. The fraction of sp³-hybridized carbons (Fsp3) is 0.547. The summed E-state index contributed by atoms with van der Waals surface area (Å²) in [6, 6.07) is 8.96. The van der Waals surface area contributed by atoms with E-state index < -0.39 is 96.1 Å². The molecule has 0 saturated carbocycles. The molecule has 3 aromatic rings. The first-order valence-electron chi connectivity index (χ1n) is 30.7. The maximum absolute atomic E-state index is 14.7. The molecule has 10 rings (SSSR count). The molecule has 3 aromatic carbocycles. The van der Waals surface area contributed by atoms with Gasteiger partial charge in [-0.1, -0.05) is 44.5 Å². The third-order valence-electron chi connectivity index (χ3n) is 18.3. The lowest BCUT2D eigenvalue weighted by Gasteiger charge is -2.44. The standard InChI is InChI=1S/C64H80N8O18/c1-33(2)54(68-45(74)14-9-8-10-23-72-46(75)19-20-47(72)76)60(81)66-34(3)59(80)67-37-17-15-36(16-18-37)32-87-63(82)69(5)38-21-24-70(25-22-38)31-44(73)64(83)29-40-50(57(79)51-52(56(40)78)55(77)39-12-11-13-42(84-6)49(39)53(51)65)43(30-64)89-48-28-41-58(35(4)88-48)90-61-62(85-7)86-27-26-71(41)61/h11-13,15-20,33-35,38,41,43,48,54,58,61-62,65,78-79,83H,8-10,14,21-32H2,1-7H3,(H,66,81)(H,67,80)(H,68,74)/t34?,35-,41-,43-,48-,54?,58+,61+,62-,64-/m0/s1. The molecule has 5 aliphatic heterocycles. The van der Waals surface area contributed by atoms with Crippen LogP contribution in [0.5, 0.6) is 17.2 Å². The number of anilines is 1. The highest BCUT2D eigenvalue weighted by Crippen LogP contribution is 2.53. The molecule has 0 aromatic heterocycles. The minimum absolute atomic E-state index is 0.0204. The number of phenolic OH excluding ortho intramolecular Hbond substituents is 2. The van der Waals surface area contributed by atoms with Crippen LogP contribution in [0.25, 0.3) is 0 Å². The second kappa shape index (κ2) is 27.4. The number of phenols is 2. The molecule has 4 fully saturated rings. The Morgan fingerprint density at radius 1 is 0.878 bits per heavy atom. The number of benzene rings is 3. The predicted molar refractivity (Wildman–Crippen MR) is 320 cm³/mol. The van der Waals surface area contributed by atoms with Crippen molar-refractivity contribution in [2.24, 2.45) is 5.92 Å². The van der Waals surface area contributed by atoms with Gasteiger partial charge >= 0.3 is 6.09 Å². The average Bonchev–Trinajstić information content (AvgIpc) is 0.870. The fourth-order valence-electron chi connectivity index (χ4n) is 13.3. The quantitative estimate of drug-likeness (QED) is 0.0335. The Morgan fingerprint density at radius 2 is 1.60 bits per heavy atom. The van der Waals surface area contributed by atoms with Crippen LogP contribution < -0.4 is 20.7 Å². The zero-order valence-corrected chi connectivity index (χ0v) is 51.6. The lowest BCUT2D eigenvalue weighted by atomic mass is 9.71. The number of nitrogens with zero attached hydrogens (tertiary/aromatic N) is 4. The van der Waals surface area contributed by atoms with E-state index in [1.54, 1.807) is 64.4 Å². The summed E-state index contributed by atoms with van der Waals surface area (Å²) in [4.78, 5) is 112. The third kappa shape index (κ3) is 13.4. The molecule has 5 heterocycles. The van der Waals surface area contributed by atoms with Crippen molar-refractivity contribution in [1.29, 1.82) is 5.41 Å². The van der Waals surface area contributed by atoms with Crippen LogP contribution in [0.2, 0.25) is 0 Å². The Labute approximate surface area is 520 Å². The molecule has 7 aliphatic rings. The Hall–Kier alpha value is -7.69. The lowest BCUT2D eigenvalue weighted by Crippen LogP contribution is -2.55. The molecule has 2 aliphatic carbocycles. The van der Waals surface area contributed by atoms with Crippen LogP contribution in [0.1, 0.15) is 129 Å². The van der Waals surface area contributed by atoms with E-state index in [1.807, 2.05) is 11.8 Å². The number of hydrogen-bond acceptors (Lipinski definition) is 21. The van der Waals surface area contributed by atoms with Crippen LogP contribution in [0.4, 0.5) is 10.5 Å². The first kappa shape index (κ1) is 65.3. The second-order valence-electron chi connectivity index (χ2n) is 24.5. The number of Topliss-reactive ketones (excluding diaryl/α,β-unsaturated/α-hetero) is 1. The van der Waals surface area contributed by atoms with Crippen molar-refractivity contribution in [2.45, 2.75) is 159 Å². The normalized spacial score (nSPS) is 25.6. The van der Waals surface area contributed by atoms with Crippen LogP contribution in [0.15, 0.2) is 54.6 Å². The number of methoxy groups -OCH3 is 2. The average molecular weight is 1250 g/mol. The summed E-state index contributed by atoms with van der Waals surface area (Å²) in [5.74, 6) is -4.53. The summed E-state index contributed by atoms with van der Waals surface area (Å²) >= 11 is 0. The molecule has 10 atom stereocenters. The highest BCUT2D eigenvalue weighted by Gasteiger charge is 2.55. The van der Waals surface area contributed by atoms with Crippen molar-refractivity contribution in [3.05, 3.63) is 93.6 Å². The Kier molecular flexibility index (Phi) is 19.9. The summed E-state index contributed by atoms with van der Waals surface area (Å²) in [5, 5.41) is 54.8. The van der Waals surface area contributed by atoms with Gasteiger partial charge in [0.25, 0.3) is 11.8 Å². The molecular formula is C64H80N8O18. The molecule has 26 heteroatoms. The fourth-order valence-corrected chi connectivity index (χ4v) is 13.3. The molecule has 90 heavy (non-hydrogen) atoms. The summed E-state index contributed by atoms with van der Waals surface area (Å²) < 4.78 is 42.2. The topological polar surface area (TPSA) is 335 Å². The smallest absolute Gasteiger partial charge is 0.410 e. The van der Waals surface area contributed by atoms with Gasteiger partial charge < -0.3 is 69.3 Å². The number of ether oxygens (including phenoxy) is 7. The van der Waals surface area contributed by atoms with E-state index in [0.717, 1.165) is 4.90 Å². The van der Waals surface area contributed by atoms with Crippen molar-refractivity contribution in [2.75, 3.05) is 65.9 Å². The molecule has 26 nitrogen and oxygen atoms in total. The van der Waals surface area contributed by atoms with Gasteiger partial charge in [0.2, 0.25) is 17.7 Å². The van der Waals surface area contributed by atoms with Crippen LogP contribution in [-0.4, -0.2) is 209 Å². The van der Waals surface area contributed by atoms with Gasteiger partial charge in [-0.05, 0) is 69.2 Å². The zero-order chi connectivity index (χ0) is 64.5. The molecule has 0 bridgehead atoms. The number of rotatable bonds is 22. The molecule has 2 unspecified atom stereocenters. The van der Waals surface area contributed by atoms with Gasteiger partial charge in [-0.25, -0.2) is 4.79 Å². The van der Waals surface area contributed by atoms with Crippen LogP contribution in [-0.2, 0) is 70.2 Å². The number of aromatic hydroxyl groups is 2. The van der Waals surface area contributed by atoms with E-state index >= 15 is 0 Å². The van der Waals surface area contributed by atoms with Crippen molar-refractivity contribution < 1.29 is 86.8 Å². The number of carbonyl (C=O) groups is 8. The zero-order valence-electron chi connectivity index (χ0n) is 51.6. The number of imide groups is 1. The highest BCUT2D eigenvalue weighted by molar-refractivity contribution is 6.32. The first-order chi connectivity index (χ1) is 43.0. The summed E-state index contributed by atoms with van der Waals surface area (Å²) in [6.07, 6.45) is -0.306. The highest BCUT2D eigenvalue weighted by atomic mass is 16.7. The molecule has 6 amide bonds. The molecule has 7 N–H and O–H groups in total. The second-order valence-corrected chi connectivity index (χ2v) is 24.5. The Bertz CT molecular complexity index is 3310. The number of morpholine rings is 1. The molecular weight excluding hydrogens is 1170 g/mol. The number of nitrogens with one attached hydrogen (secondary N) is 4. The number of piperidine rings is 1. The van der Waals surface area contributed by atoms with E-state index in [9.17, 15) is 59.1 Å². The van der Waals surface area contributed by atoms with Crippen molar-refractivity contribution >= 4 is 58.6 Å². The molecule has 484 valence electrons. The van der Waals surface area contributed by atoms with Gasteiger partial charge in [-0.3, -0.25) is 53.7 Å². The Morgan fingerprint density at radius 3 is 2.29 bits per heavy atom. The summed E-state index contributed by atoms with van der Waals surface area (Å²) in [7, 11) is 4.57. The molecule has 0 radical (unpaired) electrons. The van der Waals surface area contributed by atoms with E-state index in [1.165, 1.54) is 37.2 Å². The Balaban J connectivity index is 0.719. The largest absolute Gasteiger partial charge is 0.507 e. The number of carbonyl (C=O) groups excluding carboxylic acids is 8. The number of likely N-dealkylation sites (tertiary alicyclic amines) is 1. The van der Waals surface area contributed by atoms with Gasteiger partial charge in [0, 0.05) is 113 Å². The summed E-state index contributed by atoms with van der Waals surface area (Å²) in [5.41, 5.74) is -1.82. The van der Waals surface area contributed by atoms with Gasteiger partial charge in [0.15, 0.2) is 30.4 Å². The van der Waals surface area contributed by atoms with Gasteiger partial charge in [-0.15, -0.1) is 0 Å². The minimum Gasteiger partial charge on any atom is -0.507 e. The number of ketones is 2. The van der Waals surface area contributed by atoms with E-state index in [-0.39, 0.29) is 126 Å².